The quantitative estimate of drug-likeness (QED) is 0.0488. The molecule has 3 amide bonds. The number of likely N-dealkylation sites (N-methyl/N-ethyl adjacent to an activating group) is 1. The number of carbonyl (C=O) groups is 5. The van der Waals surface area contributed by atoms with Crippen LogP contribution in [0, 0.1) is 30.1 Å². The van der Waals surface area contributed by atoms with Gasteiger partial charge in [-0.1, -0.05) is 59.6 Å². The number of aliphatic carboxylic acids is 1. The third kappa shape index (κ3) is 14.4. The van der Waals surface area contributed by atoms with Gasteiger partial charge in [0.05, 0.1) is 12.0 Å². The molecular formula is C43H64N6O7S. The summed E-state index contributed by atoms with van der Waals surface area (Å²) in [5.74, 6) is -0.620. The minimum atomic E-state index is -0.968. The van der Waals surface area contributed by atoms with Crippen molar-refractivity contribution in [2.75, 3.05) is 25.9 Å². The Hall–Kier alpha value is -4.48. The number of benzene rings is 1. The molecule has 1 aliphatic heterocycles. The van der Waals surface area contributed by atoms with Crippen LogP contribution in [0.2, 0.25) is 0 Å². The highest BCUT2D eigenvalue weighted by Crippen LogP contribution is 2.32. The zero-order chi connectivity index (χ0) is 42.2. The Morgan fingerprint density at radius 1 is 1.09 bits per heavy atom. The molecule has 0 aliphatic carbocycles. The first kappa shape index (κ1) is 46.9. The fourth-order valence-corrected chi connectivity index (χ4v) is 8.14. The number of terminal acetylenes is 1. The van der Waals surface area contributed by atoms with E-state index in [1.165, 1.54) is 18.3 Å². The van der Waals surface area contributed by atoms with Crippen LogP contribution in [0.5, 0.6) is 0 Å². The number of nitrogens with zero attached hydrogens (tertiary/aromatic N) is 3. The van der Waals surface area contributed by atoms with Gasteiger partial charge in [-0.25, -0.2) is 4.98 Å². The molecule has 2 heterocycles. The Bertz CT molecular complexity index is 1670. The molecule has 1 aromatic carbocycles. The smallest absolute Gasteiger partial charge is 0.306 e. The molecule has 1 fully saturated rings. The summed E-state index contributed by atoms with van der Waals surface area (Å²) >= 11 is 1.17. The van der Waals surface area contributed by atoms with Crippen LogP contribution >= 0.6 is 11.3 Å². The summed E-state index contributed by atoms with van der Waals surface area (Å²) in [6.45, 7) is 12.1. The lowest BCUT2D eigenvalue weighted by Crippen LogP contribution is -2.59. The van der Waals surface area contributed by atoms with Gasteiger partial charge in [0.2, 0.25) is 11.8 Å². The first-order chi connectivity index (χ1) is 27.1. The normalized spacial score (nSPS) is 17.6. The topological polar surface area (TPSA) is 184 Å². The maximum absolute atomic E-state index is 14.8. The van der Waals surface area contributed by atoms with E-state index < -0.39 is 48.0 Å². The van der Waals surface area contributed by atoms with E-state index in [-0.39, 0.29) is 48.2 Å². The van der Waals surface area contributed by atoms with Gasteiger partial charge in [-0.2, -0.15) is 0 Å². The third-order valence-electron chi connectivity index (χ3n) is 10.9. The van der Waals surface area contributed by atoms with Gasteiger partial charge in [-0.3, -0.25) is 28.9 Å². The van der Waals surface area contributed by atoms with E-state index in [2.05, 4.69) is 21.5 Å². The van der Waals surface area contributed by atoms with E-state index in [1.807, 2.05) is 56.7 Å². The van der Waals surface area contributed by atoms with Crippen LogP contribution < -0.4 is 16.4 Å². The van der Waals surface area contributed by atoms with Gasteiger partial charge in [0.1, 0.15) is 16.7 Å². The summed E-state index contributed by atoms with van der Waals surface area (Å²) in [4.78, 5) is 75.0. The number of hydrogen-bond donors (Lipinski definition) is 4. The molecule has 0 unspecified atom stereocenters. The van der Waals surface area contributed by atoms with Gasteiger partial charge in [0.15, 0.2) is 6.10 Å². The van der Waals surface area contributed by atoms with Gasteiger partial charge in [0, 0.05) is 49.5 Å². The van der Waals surface area contributed by atoms with Crippen molar-refractivity contribution >= 4 is 46.7 Å². The lowest BCUT2D eigenvalue weighted by molar-refractivity contribution is -0.150. The molecule has 1 aromatic heterocycles. The van der Waals surface area contributed by atoms with E-state index in [0.29, 0.717) is 49.3 Å². The largest absolute Gasteiger partial charge is 0.481 e. The average Bonchev–Trinajstić information content (AvgIpc) is 3.67. The summed E-state index contributed by atoms with van der Waals surface area (Å²) < 4.78 is 5.88. The summed E-state index contributed by atoms with van der Waals surface area (Å²) in [6, 6.07) is 5.17. The molecule has 1 aliphatic rings. The predicted molar refractivity (Wildman–Crippen MR) is 223 cm³/mol. The number of carbonyl (C=O) groups excluding carboxylic acids is 4. The Balaban J connectivity index is 1.93. The lowest BCUT2D eigenvalue weighted by atomic mass is 9.91. The molecule has 314 valence electrons. The fourth-order valence-electron chi connectivity index (χ4n) is 7.30. The Morgan fingerprint density at radius 2 is 1.79 bits per heavy atom. The van der Waals surface area contributed by atoms with Crippen molar-refractivity contribution in [1.82, 2.24) is 25.4 Å². The number of hydrogen-bond acceptors (Lipinski definition) is 10. The maximum atomic E-state index is 14.8. The summed E-state index contributed by atoms with van der Waals surface area (Å²) in [7, 11) is 1.94. The maximum Gasteiger partial charge on any atom is 0.306 e. The van der Waals surface area contributed by atoms with Crippen LogP contribution in [0.25, 0.3) is 0 Å². The number of nitrogens with two attached hydrogens (primary N) is 1. The van der Waals surface area contributed by atoms with Crippen molar-refractivity contribution in [1.29, 1.82) is 0 Å². The van der Waals surface area contributed by atoms with Crippen molar-refractivity contribution in [3.8, 4) is 12.3 Å². The van der Waals surface area contributed by atoms with Gasteiger partial charge in [0.25, 0.3) is 5.91 Å². The number of carboxylic acids is 1. The molecular weight excluding hydrogens is 745 g/mol. The number of carboxylic acid groups (broad SMARTS) is 1. The first-order valence-electron chi connectivity index (χ1n) is 20.3. The second-order valence-electron chi connectivity index (χ2n) is 15.9. The van der Waals surface area contributed by atoms with E-state index in [0.717, 1.165) is 31.4 Å². The molecule has 7 atom stereocenters. The lowest BCUT2D eigenvalue weighted by Gasteiger charge is -2.40. The molecule has 3 rings (SSSR count). The summed E-state index contributed by atoms with van der Waals surface area (Å²) in [5.41, 5.74) is 7.43. The molecule has 14 heteroatoms. The minimum absolute atomic E-state index is 0.0922. The number of esters is 1. The molecule has 13 nitrogen and oxygen atoms in total. The second kappa shape index (κ2) is 23.1. The van der Waals surface area contributed by atoms with E-state index in [4.69, 9.17) is 16.9 Å². The monoisotopic (exact) mass is 808 g/mol. The van der Waals surface area contributed by atoms with Crippen molar-refractivity contribution in [2.24, 2.45) is 17.8 Å². The predicted octanol–water partition coefficient (Wildman–Crippen LogP) is 5.84. The highest BCUT2D eigenvalue weighted by molar-refractivity contribution is 7.09. The van der Waals surface area contributed by atoms with Crippen molar-refractivity contribution in [3.05, 3.63) is 45.9 Å². The van der Waals surface area contributed by atoms with Gasteiger partial charge < -0.3 is 31.1 Å². The summed E-state index contributed by atoms with van der Waals surface area (Å²) in [6.07, 6.45) is 10.8. The highest BCUT2D eigenvalue weighted by Gasteiger charge is 2.38. The Morgan fingerprint density at radius 3 is 2.39 bits per heavy atom. The fraction of sp³-hybridized carbons (Fsp3) is 0.628. The van der Waals surface area contributed by atoms with Crippen LogP contribution in [0.3, 0.4) is 0 Å². The average molecular weight is 809 g/mol. The van der Waals surface area contributed by atoms with Crippen molar-refractivity contribution < 1.29 is 33.8 Å². The number of nitrogen functional groups attached to an aromatic ring is 1. The molecule has 57 heavy (non-hydrogen) atoms. The van der Waals surface area contributed by atoms with Crippen molar-refractivity contribution in [2.45, 2.75) is 136 Å². The number of ether oxygens (including phenoxy) is 1. The molecule has 0 saturated carbocycles. The highest BCUT2D eigenvalue weighted by atomic mass is 32.1. The number of piperidine rings is 1. The zero-order valence-electron chi connectivity index (χ0n) is 34.8. The number of amides is 3. The number of likely N-dealkylation sites (tertiary alicyclic amines) is 1. The number of thiazole rings is 1. The molecule has 5 N–H and O–H groups in total. The van der Waals surface area contributed by atoms with Crippen LogP contribution in [0.1, 0.15) is 126 Å². The van der Waals surface area contributed by atoms with E-state index in [1.54, 1.807) is 24.4 Å². The third-order valence-corrected chi connectivity index (χ3v) is 11.9. The molecule has 0 radical (unpaired) electrons. The number of anilines is 1. The number of aromatic nitrogens is 1. The van der Waals surface area contributed by atoms with Gasteiger partial charge in [-0.15, -0.1) is 23.7 Å². The number of unbranched alkanes of at least 4 members (excludes halogenated alkanes) is 2. The molecule has 2 aromatic rings. The standard InChI is InChI=1S/C43H64N6O7S/c1-9-11-12-14-22-49(42(53)38(28(5)10-2)47-40(52)35-16-13-15-21-48(35)8)36(27(3)4)25-37(56-30(7)50)41-46-34(26-57-41)39(51)45-33(23-29(6)43(54)55)24-31-17-19-32(44)20-18-31/h1,17-20,26-29,33,35-38H,10-16,21-25,44H2,2-8H3,(H,45,51)(H,47,52)(H,54,55)/t28-,29-,33+,35+,36+,37+,38-/m0/s1. The SMILES string of the molecule is C#CCCCCN(C(=O)[C@@H](NC(=O)[C@H]1CCCCN1C)[C@@H](C)CC)[C@H](C[C@@H](OC(C)=O)c1nc(C(=O)N[C@@H](Cc2ccc(N)cc2)C[C@H](C)C(=O)O)cs1)C(C)C. The first-order valence-corrected chi connectivity index (χ1v) is 21.2. The Labute approximate surface area is 342 Å². The molecule has 0 bridgehead atoms. The molecule has 0 spiro atoms. The van der Waals surface area contributed by atoms with Gasteiger partial charge >= 0.3 is 11.9 Å². The molecule has 1 saturated heterocycles. The zero-order valence-corrected chi connectivity index (χ0v) is 35.6. The minimum Gasteiger partial charge on any atom is -0.481 e. The van der Waals surface area contributed by atoms with Gasteiger partial charge in [-0.05, 0) is 81.6 Å². The second-order valence-corrected chi connectivity index (χ2v) is 16.8. The van der Waals surface area contributed by atoms with Crippen LogP contribution in [-0.2, 0) is 30.3 Å². The number of nitrogens with one attached hydrogen (secondary N) is 2. The summed E-state index contributed by atoms with van der Waals surface area (Å²) in [5, 5.41) is 17.7. The van der Waals surface area contributed by atoms with Crippen LogP contribution in [0.4, 0.5) is 5.69 Å². The van der Waals surface area contributed by atoms with Crippen LogP contribution in [-0.4, -0.2) is 93.9 Å². The Kier molecular flexibility index (Phi) is 19.0. The van der Waals surface area contributed by atoms with E-state index >= 15 is 0 Å². The van der Waals surface area contributed by atoms with Crippen molar-refractivity contribution in [3.63, 3.8) is 0 Å². The van der Waals surface area contributed by atoms with Crippen LogP contribution in [0.15, 0.2) is 29.6 Å². The number of rotatable bonds is 22. The van der Waals surface area contributed by atoms with E-state index in [9.17, 15) is 29.1 Å².